The van der Waals surface area contributed by atoms with Gasteiger partial charge in [-0.25, -0.2) is 0 Å². The van der Waals surface area contributed by atoms with E-state index in [9.17, 15) is 9.59 Å². The van der Waals surface area contributed by atoms with Crippen LogP contribution in [0.4, 0.5) is 0 Å². The van der Waals surface area contributed by atoms with Crippen molar-refractivity contribution in [2.24, 2.45) is 13.0 Å². The minimum Gasteiger partial charge on any atom is -0.338 e. The summed E-state index contributed by atoms with van der Waals surface area (Å²) in [7, 11) is 1.85. The predicted octanol–water partition coefficient (Wildman–Crippen LogP) is 3.81. The van der Waals surface area contributed by atoms with Crippen molar-refractivity contribution in [3.8, 4) is 0 Å². The molecule has 5 heteroatoms. The standard InChI is InChI=1S/C25H25N3O2/c1-27-15-17(14-26-27)7-12-23(29)28-13-3-5-20(16-28)25(30)22-11-10-19-9-8-18-4-2-6-21(22)24(18)19/h2,4,6-7,10-12,14-15,20H,3,5,8-9,13,16H2,1H3/b12-7+/t20-/m1/s1. The Balaban J connectivity index is 1.35. The van der Waals surface area contributed by atoms with Crippen LogP contribution in [0.2, 0.25) is 0 Å². The van der Waals surface area contributed by atoms with Gasteiger partial charge in [-0.2, -0.15) is 5.10 Å². The Kier molecular flexibility index (Phi) is 4.74. The number of amides is 1. The molecule has 152 valence electrons. The summed E-state index contributed by atoms with van der Waals surface area (Å²) in [6.07, 6.45) is 10.7. The molecule has 1 aliphatic carbocycles. The average molecular weight is 399 g/mol. The van der Waals surface area contributed by atoms with Crippen LogP contribution in [0.3, 0.4) is 0 Å². The molecule has 0 spiro atoms. The zero-order valence-corrected chi connectivity index (χ0v) is 17.2. The molecular weight excluding hydrogens is 374 g/mol. The summed E-state index contributed by atoms with van der Waals surface area (Å²) in [5.41, 5.74) is 4.39. The van der Waals surface area contributed by atoms with Crippen LogP contribution in [0.1, 0.15) is 39.9 Å². The van der Waals surface area contributed by atoms with E-state index < -0.39 is 0 Å². The first-order valence-corrected chi connectivity index (χ1v) is 10.6. The number of likely N-dealkylation sites (tertiary alicyclic amines) is 1. The molecule has 0 radical (unpaired) electrons. The van der Waals surface area contributed by atoms with E-state index in [0.29, 0.717) is 13.1 Å². The minimum absolute atomic E-state index is 0.0447. The Labute approximate surface area is 176 Å². The molecule has 5 nitrogen and oxygen atoms in total. The Hall–Kier alpha value is -3.21. The van der Waals surface area contributed by atoms with Crippen LogP contribution in [0.15, 0.2) is 48.8 Å². The highest BCUT2D eigenvalue weighted by Crippen LogP contribution is 2.34. The minimum atomic E-state index is -0.145. The van der Waals surface area contributed by atoms with Crippen molar-refractivity contribution in [1.82, 2.24) is 14.7 Å². The SMILES string of the molecule is Cn1cc(/C=C/C(=O)N2CCC[C@@H](C(=O)c3ccc4c5c(cccc35)CC4)C2)cn1. The van der Waals surface area contributed by atoms with Gasteiger partial charge in [0, 0.05) is 49.5 Å². The lowest BCUT2D eigenvalue weighted by Crippen LogP contribution is -2.41. The first-order valence-electron chi connectivity index (χ1n) is 10.6. The lowest BCUT2D eigenvalue weighted by molar-refractivity contribution is -0.127. The largest absolute Gasteiger partial charge is 0.338 e. The number of hydrogen-bond donors (Lipinski definition) is 0. The molecule has 0 saturated carbocycles. The van der Waals surface area contributed by atoms with E-state index in [4.69, 9.17) is 0 Å². The van der Waals surface area contributed by atoms with Gasteiger partial charge < -0.3 is 4.90 Å². The Morgan fingerprint density at radius 3 is 2.77 bits per heavy atom. The fourth-order valence-corrected chi connectivity index (χ4v) is 4.87. The van der Waals surface area contributed by atoms with Crippen LogP contribution in [-0.4, -0.2) is 39.5 Å². The predicted molar refractivity (Wildman–Crippen MR) is 117 cm³/mol. The molecule has 2 heterocycles. The Morgan fingerprint density at radius 1 is 1.13 bits per heavy atom. The topological polar surface area (TPSA) is 55.2 Å². The highest BCUT2D eigenvalue weighted by molar-refractivity contribution is 6.11. The van der Waals surface area contributed by atoms with Gasteiger partial charge in [-0.3, -0.25) is 14.3 Å². The maximum Gasteiger partial charge on any atom is 0.246 e. The zero-order valence-electron chi connectivity index (χ0n) is 17.2. The molecule has 1 saturated heterocycles. The maximum absolute atomic E-state index is 13.4. The van der Waals surface area contributed by atoms with Gasteiger partial charge in [0.1, 0.15) is 0 Å². The number of benzene rings is 2. The van der Waals surface area contributed by atoms with Crippen LogP contribution in [0.25, 0.3) is 16.8 Å². The molecule has 30 heavy (non-hydrogen) atoms. The van der Waals surface area contributed by atoms with Crippen molar-refractivity contribution in [3.05, 3.63) is 71.1 Å². The number of aromatic nitrogens is 2. The van der Waals surface area contributed by atoms with Gasteiger partial charge in [0.25, 0.3) is 0 Å². The van der Waals surface area contributed by atoms with E-state index in [-0.39, 0.29) is 17.6 Å². The Morgan fingerprint density at radius 2 is 1.97 bits per heavy atom. The number of carbonyl (C=O) groups is 2. The van der Waals surface area contributed by atoms with Crippen molar-refractivity contribution in [1.29, 1.82) is 0 Å². The summed E-state index contributed by atoms with van der Waals surface area (Å²) in [5, 5.41) is 6.46. The number of piperidine rings is 1. The molecule has 1 atom stereocenters. The summed E-state index contributed by atoms with van der Waals surface area (Å²) in [5.74, 6) is -0.0240. The quantitative estimate of drug-likeness (QED) is 0.495. The number of carbonyl (C=O) groups excluding carboxylic acids is 2. The van der Waals surface area contributed by atoms with Gasteiger partial charge in [0.15, 0.2) is 5.78 Å². The van der Waals surface area contributed by atoms with Crippen molar-refractivity contribution in [3.63, 3.8) is 0 Å². The lowest BCUT2D eigenvalue weighted by atomic mass is 9.87. The van der Waals surface area contributed by atoms with Crippen molar-refractivity contribution in [2.45, 2.75) is 25.7 Å². The molecule has 2 aliphatic rings. The fraction of sp³-hybridized carbons (Fsp3) is 0.320. The van der Waals surface area contributed by atoms with Gasteiger partial charge in [-0.05, 0) is 53.7 Å². The highest BCUT2D eigenvalue weighted by atomic mass is 16.2. The molecule has 1 aliphatic heterocycles. The average Bonchev–Trinajstić information content (AvgIpc) is 3.39. The van der Waals surface area contributed by atoms with Gasteiger partial charge >= 0.3 is 0 Å². The van der Waals surface area contributed by atoms with Crippen molar-refractivity contribution < 1.29 is 9.59 Å². The van der Waals surface area contributed by atoms with Gasteiger partial charge in [0.2, 0.25) is 5.91 Å². The van der Waals surface area contributed by atoms with Crippen LogP contribution in [-0.2, 0) is 24.7 Å². The number of ketones is 1. The first kappa shape index (κ1) is 18.8. The first-order chi connectivity index (χ1) is 14.6. The molecule has 1 fully saturated rings. The summed E-state index contributed by atoms with van der Waals surface area (Å²) < 4.78 is 1.71. The second-order valence-corrected chi connectivity index (χ2v) is 8.38. The van der Waals surface area contributed by atoms with Gasteiger partial charge in [0.05, 0.1) is 6.20 Å². The second kappa shape index (κ2) is 7.56. The van der Waals surface area contributed by atoms with Gasteiger partial charge in [-0.15, -0.1) is 0 Å². The summed E-state index contributed by atoms with van der Waals surface area (Å²) in [6.45, 7) is 1.18. The molecular formula is C25H25N3O2. The number of hydrogen-bond acceptors (Lipinski definition) is 3. The van der Waals surface area contributed by atoms with Crippen LogP contribution < -0.4 is 0 Å². The number of rotatable bonds is 4. The zero-order chi connectivity index (χ0) is 20.7. The summed E-state index contributed by atoms with van der Waals surface area (Å²) in [6, 6.07) is 10.4. The summed E-state index contributed by atoms with van der Waals surface area (Å²) in [4.78, 5) is 27.9. The Bertz CT molecular complexity index is 1160. The molecule has 1 amide bonds. The smallest absolute Gasteiger partial charge is 0.246 e. The molecule has 5 rings (SSSR count). The molecule has 0 N–H and O–H groups in total. The van der Waals surface area contributed by atoms with Crippen molar-refractivity contribution >= 4 is 28.5 Å². The van der Waals surface area contributed by atoms with Gasteiger partial charge in [-0.1, -0.05) is 30.3 Å². The third-order valence-corrected chi connectivity index (χ3v) is 6.39. The van der Waals surface area contributed by atoms with E-state index in [1.54, 1.807) is 27.9 Å². The molecule has 3 aromatic rings. The highest BCUT2D eigenvalue weighted by Gasteiger charge is 2.30. The summed E-state index contributed by atoms with van der Waals surface area (Å²) >= 11 is 0. The van der Waals surface area contributed by atoms with Crippen LogP contribution >= 0.6 is 0 Å². The monoisotopic (exact) mass is 399 g/mol. The molecule has 0 bridgehead atoms. The normalized spacial score (nSPS) is 18.4. The van der Waals surface area contributed by atoms with Crippen LogP contribution in [0, 0.1) is 5.92 Å². The molecule has 2 aromatic carbocycles. The number of aryl methyl sites for hydroxylation is 3. The van der Waals surface area contributed by atoms with Crippen LogP contribution in [0.5, 0.6) is 0 Å². The van der Waals surface area contributed by atoms with E-state index in [0.717, 1.165) is 42.2 Å². The lowest BCUT2D eigenvalue weighted by Gasteiger charge is -2.31. The molecule has 0 unspecified atom stereocenters. The third-order valence-electron chi connectivity index (χ3n) is 6.39. The number of Topliss-reactive ketones (excluding diaryl/α,β-unsaturated/α-hetero) is 1. The van der Waals surface area contributed by atoms with E-state index in [1.807, 2.05) is 19.3 Å². The van der Waals surface area contributed by atoms with E-state index in [2.05, 4.69) is 29.4 Å². The molecule has 1 aromatic heterocycles. The third kappa shape index (κ3) is 3.34. The van der Waals surface area contributed by atoms with E-state index in [1.165, 1.54) is 16.5 Å². The van der Waals surface area contributed by atoms with Crippen molar-refractivity contribution in [2.75, 3.05) is 13.1 Å². The number of nitrogens with zero attached hydrogens (tertiary/aromatic N) is 3. The maximum atomic E-state index is 13.4. The van der Waals surface area contributed by atoms with E-state index >= 15 is 0 Å². The second-order valence-electron chi connectivity index (χ2n) is 8.38. The fourth-order valence-electron chi connectivity index (χ4n) is 4.87.